The van der Waals surface area contributed by atoms with Crippen LogP contribution in [0.15, 0.2) is 53.1 Å². The molecule has 0 saturated carbocycles. The first-order valence-corrected chi connectivity index (χ1v) is 8.74. The van der Waals surface area contributed by atoms with Crippen molar-refractivity contribution in [3.8, 4) is 11.4 Å². The molecule has 7 heteroatoms. The van der Waals surface area contributed by atoms with Gasteiger partial charge in [0, 0.05) is 24.2 Å². The number of halogens is 2. The van der Waals surface area contributed by atoms with E-state index in [4.69, 9.17) is 4.52 Å². The first-order valence-electron chi connectivity index (χ1n) is 8.74. The summed E-state index contributed by atoms with van der Waals surface area (Å²) in [6.07, 6.45) is 1.62. The molecule has 0 bridgehead atoms. The number of benzene rings is 2. The number of rotatable bonds is 3. The monoisotopic (exact) mass is 369 g/mol. The van der Waals surface area contributed by atoms with Gasteiger partial charge in [0.1, 0.15) is 11.6 Å². The number of hydrogen-bond acceptors (Lipinski definition) is 4. The average molecular weight is 369 g/mol. The average Bonchev–Trinajstić information content (AvgIpc) is 3.18. The van der Waals surface area contributed by atoms with Crippen LogP contribution in [-0.4, -0.2) is 34.0 Å². The van der Waals surface area contributed by atoms with E-state index in [9.17, 15) is 13.6 Å². The lowest BCUT2D eigenvalue weighted by atomic mass is 9.97. The summed E-state index contributed by atoms with van der Waals surface area (Å²) in [5.41, 5.74) is 0.989. The highest BCUT2D eigenvalue weighted by Gasteiger charge is 2.29. The molecule has 1 saturated heterocycles. The highest BCUT2D eigenvalue weighted by atomic mass is 19.1. The van der Waals surface area contributed by atoms with Gasteiger partial charge in [0.05, 0.1) is 5.92 Å². The van der Waals surface area contributed by atoms with Crippen LogP contribution in [0.4, 0.5) is 8.78 Å². The number of likely N-dealkylation sites (tertiary alicyclic amines) is 1. The molecule has 0 radical (unpaired) electrons. The fourth-order valence-electron chi connectivity index (χ4n) is 3.28. The van der Waals surface area contributed by atoms with Crippen LogP contribution in [0.5, 0.6) is 0 Å². The molecule has 2 heterocycles. The van der Waals surface area contributed by atoms with Gasteiger partial charge in [-0.3, -0.25) is 4.79 Å². The van der Waals surface area contributed by atoms with Crippen LogP contribution in [0.1, 0.15) is 35.0 Å². The number of hydrogen-bond donors (Lipinski definition) is 0. The summed E-state index contributed by atoms with van der Waals surface area (Å²) in [4.78, 5) is 18.8. The van der Waals surface area contributed by atoms with Crippen LogP contribution >= 0.6 is 0 Å². The quantitative estimate of drug-likeness (QED) is 0.699. The first-order chi connectivity index (χ1) is 13.1. The molecule has 27 heavy (non-hydrogen) atoms. The Labute approximate surface area is 154 Å². The van der Waals surface area contributed by atoms with E-state index >= 15 is 0 Å². The molecule has 1 aliphatic rings. The molecule has 0 N–H and O–H groups in total. The molecule has 138 valence electrons. The van der Waals surface area contributed by atoms with E-state index in [2.05, 4.69) is 10.1 Å². The van der Waals surface area contributed by atoms with E-state index in [0.29, 0.717) is 35.9 Å². The number of piperidine rings is 1. The molecule has 1 fully saturated rings. The van der Waals surface area contributed by atoms with Crippen molar-refractivity contribution in [2.45, 2.75) is 18.8 Å². The van der Waals surface area contributed by atoms with E-state index in [1.54, 1.807) is 17.0 Å². The van der Waals surface area contributed by atoms with Crippen LogP contribution in [0, 0.1) is 11.6 Å². The normalized spacial score (nSPS) is 17.1. The van der Waals surface area contributed by atoms with Gasteiger partial charge in [0.25, 0.3) is 5.91 Å². The van der Waals surface area contributed by atoms with Crippen molar-refractivity contribution in [3.63, 3.8) is 0 Å². The summed E-state index contributed by atoms with van der Waals surface area (Å²) in [6, 6.07) is 11.5. The van der Waals surface area contributed by atoms with Crippen molar-refractivity contribution in [2.24, 2.45) is 0 Å². The largest absolute Gasteiger partial charge is 0.339 e. The molecule has 1 atom stereocenters. The molecule has 2 aromatic carbocycles. The minimum atomic E-state index is -0.376. The van der Waals surface area contributed by atoms with Crippen LogP contribution in [0.3, 0.4) is 0 Å². The minimum Gasteiger partial charge on any atom is -0.339 e. The molecule has 1 aliphatic heterocycles. The van der Waals surface area contributed by atoms with Crippen molar-refractivity contribution in [1.82, 2.24) is 15.0 Å². The first kappa shape index (κ1) is 17.3. The predicted octanol–water partition coefficient (Wildman–Crippen LogP) is 4.03. The van der Waals surface area contributed by atoms with Crippen molar-refractivity contribution < 1.29 is 18.1 Å². The number of aromatic nitrogens is 2. The Morgan fingerprint density at radius 3 is 2.70 bits per heavy atom. The van der Waals surface area contributed by atoms with Crippen LogP contribution in [0.25, 0.3) is 11.4 Å². The van der Waals surface area contributed by atoms with E-state index in [0.717, 1.165) is 12.8 Å². The maximum absolute atomic E-state index is 13.4. The van der Waals surface area contributed by atoms with Gasteiger partial charge < -0.3 is 9.42 Å². The summed E-state index contributed by atoms with van der Waals surface area (Å²) in [7, 11) is 0. The number of carbonyl (C=O) groups excluding carboxylic acids is 1. The lowest BCUT2D eigenvalue weighted by Crippen LogP contribution is -2.39. The molecule has 0 aliphatic carbocycles. The summed E-state index contributed by atoms with van der Waals surface area (Å²) in [6.45, 7) is 1.07. The predicted molar refractivity (Wildman–Crippen MR) is 94.0 cm³/mol. The number of amides is 1. The Morgan fingerprint density at radius 2 is 1.93 bits per heavy atom. The molecule has 0 spiro atoms. The lowest BCUT2D eigenvalue weighted by Gasteiger charge is -2.31. The zero-order valence-electron chi connectivity index (χ0n) is 14.4. The van der Waals surface area contributed by atoms with Gasteiger partial charge in [0.15, 0.2) is 0 Å². The van der Waals surface area contributed by atoms with Gasteiger partial charge in [-0.15, -0.1) is 0 Å². The summed E-state index contributed by atoms with van der Waals surface area (Å²) >= 11 is 0. The van der Waals surface area contributed by atoms with E-state index < -0.39 is 0 Å². The Hall–Kier alpha value is -3.09. The summed E-state index contributed by atoms with van der Waals surface area (Å²) < 4.78 is 31.8. The van der Waals surface area contributed by atoms with Crippen LogP contribution < -0.4 is 0 Å². The topological polar surface area (TPSA) is 59.2 Å². The molecular formula is C20H17F2N3O2. The Morgan fingerprint density at radius 1 is 1.11 bits per heavy atom. The molecule has 4 rings (SSSR count). The molecule has 3 aromatic rings. The van der Waals surface area contributed by atoms with E-state index in [-0.39, 0.29) is 23.5 Å². The molecule has 1 aromatic heterocycles. The lowest BCUT2D eigenvalue weighted by molar-refractivity contribution is 0.0695. The van der Waals surface area contributed by atoms with Gasteiger partial charge in [-0.05, 0) is 49.2 Å². The van der Waals surface area contributed by atoms with Gasteiger partial charge in [-0.2, -0.15) is 4.98 Å². The Bertz CT molecular complexity index is 956. The highest BCUT2D eigenvalue weighted by molar-refractivity contribution is 5.94. The maximum Gasteiger partial charge on any atom is 0.253 e. The standard InChI is InChI=1S/C20H17F2N3O2/c21-16-8-6-13(7-9-16)20(26)25-10-2-4-15(12-25)19-23-18(24-27-19)14-3-1-5-17(22)11-14/h1,3,5-9,11,15H,2,4,10,12H2. The second-order valence-electron chi connectivity index (χ2n) is 6.56. The van der Waals surface area contributed by atoms with E-state index in [1.165, 1.54) is 36.4 Å². The van der Waals surface area contributed by atoms with Crippen molar-refractivity contribution in [2.75, 3.05) is 13.1 Å². The third-order valence-electron chi connectivity index (χ3n) is 4.67. The second kappa shape index (κ2) is 7.26. The van der Waals surface area contributed by atoms with Crippen LogP contribution in [0.2, 0.25) is 0 Å². The van der Waals surface area contributed by atoms with Gasteiger partial charge in [-0.25, -0.2) is 8.78 Å². The SMILES string of the molecule is O=C(c1ccc(F)cc1)N1CCCC(c2nc(-c3cccc(F)c3)no2)C1. The maximum atomic E-state index is 13.4. The zero-order valence-corrected chi connectivity index (χ0v) is 14.4. The van der Waals surface area contributed by atoms with Gasteiger partial charge in [0.2, 0.25) is 11.7 Å². The van der Waals surface area contributed by atoms with Gasteiger partial charge in [-0.1, -0.05) is 17.3 Å². The van der Waals surface area contributed by atoms with Crippen LogP contribution in [-0.2, 0) is 0 Å². The fraction of sp³-hybridized carbons (Fsp3) is 0.250. The second-order valence-corrected chi connectivity index (χ2v) is 6.56. The minimum absolute atomic E-state index is 0.0852. The fourth-order valence-corrected chi connectivity index (χ4v) is 3.28. The van der Waals surface area contributed by atoms with Crippen molar-refractivity contribution in [1.29, 1.82) is 0 Å². The smallest absolute Gasteiger partial charge is 0.253 e. The zero-order chi connectivity index (χ0) is 18.8. The molecular weight excluding hydrogens is 352 g/mol. The Balaban J connectivity index is 1.50. The summed E-state index contributed by atoms with van der Waals surface area (Å²) in [5.74, 6) is -0.216. The van der Waals surface area contributed by atoms with E-state index in [1.807, 2.05) is 0 Å². The molecule has 1 amide bonds. The highest BCUT2D eigenvalue weighted by Crippen LogP contribution is 2.28. The Kier molecular flexibility index (Phi) is 4.66. The third-order valence-corrected chi connectivity index (χ3v) is 4.67. The summed E-state index contributed by atoms with van der Waals surface area (Å²) in [5, 5.41) is 3.94. The number of carbonyl (C=O) groups is 1. The third kappa shape index (κ3) is 3.72. The van der Waals surface area contributed by atoms with Crippen molar-refractivity contribution in [3.05, 3.63) is 71.6 Å². The van der Waals surface area contributed by atoms with Gasteiger partial charge >= 0.3 is 0 Å². The number of nitrogens with zero attached hydrogens (tertiary/aromatic N) is 3. The molecule has 1 unspecified atom stereocenters. The van der Waals surface area contributed by atoms with Crippen molar-refractivity contribution >= 4 is 5.91 Å². The molecule has 5 nitrogen and oxygen atoms in total.